The molecule has 63 heavy (non-hydrogen) atoms. The summed E-state index contributed by atoms with van der Waals surface area (Å²) in [5.41, 5.74) is 17.5. The Morgan fingerprint density at radius 2 is 0.619 bits per heavy atom. The second-order valence-electron chi connectivity index (χ2n) is 17.5. The molecule has 0 amide bonds. The van der Waals surface area contributed by atoms with Crippen molar-refractivity contribution >= 4 is 34.1 Å². The van der Waals surface area contributed by atoms with Gasteiger partial charge < -0.3 is 9.80 Å². The molecule has 0 saturated heterocycles. The van der Waals surface area contributed by atoms with Crippen molar-refractivity contribution in [3.05, 3.63) is 217 Å². The molecule has 0 spiro atoms. The Balaban J connectivity index is 1.02. The van der Waals surface area contributed by atoms with Crippen LogP contribution in [-0.2, 0) is 5.41 Å². The van der Waals surface area contributed by atoms with Crippen LogP contribution in [0.1, 0.15) is 89.2 Å². The number of nitrogens with zero attached hydrogens (tertiary/aromatic N) is 2. The normalized spacial score (nSPS) is 12.4. The Labute approximate surface area is 376 Å². The van der Waals surface area contributed by atoms with Gasteiger partial charge in [-0.25, -0.2) is 0 Å². The highest BCUT2D eigenvalue weighted by Gasteiger charge is 2.39. The second kappa shape index (κ2) is 19.6. The first-order valence-electron chi connectivity index (χ1n) is 23.4. The summed E-state index contributed by atoms with van der Waals surface area (Å²) in [5, 5.41) is 0. The Morgan fingerprint density at radius 1 is 0.317 bits per heavy atom. The van der Waals surface area contributed by atoms with E-state index in [1.165, 1.54) is 102 Å². The summed E-state index contributed by atoms with van der Waals surface area (Å²) in [6.45, 7) is 4.83. The maximum atomic E-state index is 2.53. The van der Waals surface area contributed by atoms with Crippen LogP contribution in [0.25, 0.3) is 33.4 Å². The van der Waals surface area contributed by atoms with Crippen molar-refractivity contribution in [2.75, 3.05) is 9.80 Å². The van der Waals surface area contributed by atoms with Gasteiger partial charge in [-0.05, 0) is 136 Å². The molecule has 1 aliphatic carbocycles. The predicted molar refractivity (Wildman–Crippen MR) is 270 cm³/mol. The minimum atomic E-state index is -0.0907. The molecule has 314 valence electrons. The maximum absolute atomic E-state index is 2.53. The van der Waals surface area contributed by atoms with Crippen LogP contribution in [0.3, 0.4) is 0 Å². The van der Waals surface area contributed by atoms with Gasteiger partial charge in [0.15, 0.2) is 0 Å². The monoisotopic (exact) mass is 820 g/mol. The summed E-state index contributed by atoms with van der Waals surface area (Å²) in [6.07, 6.45) is 13.1. The summed E-state index contributed by atoms with van der Waals surface area (Å²) in [7, 11) is 0. The fourth-order valence-corrected chi connectivity index (χ4v) is 9.84. The zero-order chi connectivity index (χ0) is 42.9. The molecule has 0 aromatic heterocycles. The highest BCUT2D eigenvalue weighted by molar-refractivity contribution is 5.87. The number of fused-ring (bicyclic) bond motifs is 3. The van der Waals surface area contributed by atoms with Crippen molar-refractivity contribution < 1.29 is 0 Å². The highest BCUT2D eigenvalue weighted by Crippen LogP contribution is 2.53. The third kappa shape index (κ3) is 9.13. The van der Waals surface area contributed by atoms with Gasteiger partial charge >= 0.3 is 0 Å². The minimum Gasteiger partial charge on any atom is -0.311 e. The smallest absolute Gasteiger partial charge is 0.0462 e. The van der Waals surface area contributed by atoms with E-state index in [0.29, 0.717) is 0 Å². The topological polar surface area (TPSA) is 6.48 Å². The average Bonchev–Trinajstić information content (AvgIpc) is 3.59. The summed E-state index contributed by atoms with van der Waals surface area (Å²) >= 11 is 0. The van der Waals surface area contributed by atoms with E-state index >= 15 is 0 Å². The molecule has 9 rings (SSSR count). The number of anilines is 6. The molecule has 8 aromatic rings. The number of unbranched alkanes of at least 4 members (excludes halogenated alkanes) is 8. The first-order chi connectivity index (χ1) is 31.1. The van der Waals surface area contributed by atoms with Crippen LogP contribution in [-0.4, -0.2) is 0 Å². The predicted octanol–water partition coefficient (Wildman–Crippen LogP) is 18.2. The number of hydrogen-bond acceptors (Lipinski definition) is 2. The van der Waals surface area contributed by atoms with Gasteiger partial charge in [0.2, 0.25) is 0 Å². The van der Waals surface area contributed by atoms with Crippen molar-refractivity contribution in [3.8, 4) is 33.4 Å². The summed E-state index contributed by atoms with van der Waals surface area (Å²) in [5.74, 6) is 0. The molecule has 2 heteroatoms. The van der Waals surface area contributed by atoms with Gasteiger partial charge in [0, 0.05) is 39.5 Å². The van der Waals surface area contributed by atoms with E-state index in [1.54, 1.807) is 0 Å². The molecule has 0 fully saturated rings. The zero-order valence-corrected chi connectivity index (χ0v) is 37.1. The van der Waals surface area contributed by atoms with Crippen LogP contribution in [0.5, 0.6) is 0 Å². The third-order valence-electron chi connectivity index (χ3n) is 13.3. The molecule has 0 saturated carbocycles. The van der Waals surface area contributed by atoms with Crippen LogP contribution in [0.15, 0.2) is 206 Å². The van der Waals surface area contributed by atoms with Crippen LogP contribution in [0.4, 0.5) is 34.1 Å². The van der Waals surface area contributed by atoms with Crippen LogP contribution < -0.4 is 9.80 Å². The van der Waals surface area contributed by atoms with E-state index in [0.717, 1.165) is 40.5 Å². The van der Waals surface area contributed by atoms with Gasteiger partial charge in [-0.3, -0.25) is 0 Å². The Hall–Kier alpha value is -6.64. The van der Waals surface area contributed by atoms with Crippen molar-refractivity contribution in [1.29, 1.82) is 0 Å². The number of hydrogen-bond donors (Lipinski definition) is 0. The number of benzene rings is 8. The van der Waals surface area contributed by atoms with Crippen LogP contribution in [0.2, 0.25) is 0 Å². The van der Waals surface area contributed by atoms with E-state index in [2.05, 4.69) is 230 Å². The molecular weight excluding hydrogens is 761 g/mol. The van der Waals surface area contributed by atoms with Gasteiger partial charge in [0.1, 0.15) is 0 Å². The van der Waals surface area contributed by atoms with Gasteiger partial charge in [-0.1, -0.05) is 193 Å². The van der Waals surface area contributed by atoms with Crippen molar-refractivity contribution in [3.63, 3.8) is 0 Å². The Kier molecular flexibility index (Phi) is 13.0. The van der Waals surface area contributed by atoms with Gasteiger partial charge in [-0.15, -0.1) is 0 Å². The summed E-state index contributed by atoms with van der Waals surface area (Å²) in [6, 6.07) is 75.4. The Bertz CT molecular complexity index is 2420. The van der Waals surface area contributed by atoms with Crippen molar-refractivity contribution in [2.24, 2.45) is 0 Å². The molecule has 0 aliphatic heterocycles. The van der Waals surface area contributed by atoms with Gasteiger partial charge in [-0.2, -0.15) is 0 Å². The fourth-order valence-electron chi connectivity index (χ4n) is 9.84. The van der Waals surface area contributed by atoms with Crippen molar-refractivity contribution in [2.45, 2.75) is 83.5 Å². The third-order valence-corrected chi connectivity index (χ3v) is 13.3. The van der Waals surface area contributed by atoms with E-state index < -0.39 is 0 Å². The van der Waals surface area contributed by atoms with Gasteiger partial charge in [0.25, 0.3) is 0 Å². The molecule has 0 heterocycles. The maximum Gasteiger partial charge on any atom is 0.0462 e. The minimum absolute atomic E-state index is 0.0907. The van der Waals surface area contributed by atoms with Gasteiger partial charge in [0.05, 0.1) is 0 Å². The number of rotatable bonds is 18. The molecule has 0 N–H and O–H groups in total. The standard InChI is InChI=1S/C61H60N2/c1-3-4-5-6-7-8-9-10-23-44-61(2)59-45-49(47-32-38-55(39-33-47)62(51-24-15-11-16-25-51)52-26-17-12-18-27-52)36-42-57(59)58-43-37-50(46-60(58)61)48-34-40-56(41-35-48)63(53-28-19-13-20-29-53)54-30-21-14-22-31-54/h11-22,24-43,45-46H,3-10,23,44H2,1-2H3. The molecule has 0 bridgehead atoms. The molecule has 8 aromatic carbocycles. The molecule has 0 radical (unpaired) electrons. The zero-order valence-electron chi connectivity index (χ0n) is 37.1. The lowest BCUT2D eigenvalue weighted by Gasteiger charge is -2.29. The quantitative estimate of drug-likeness (QED) is 0.0796. The van der Waals surface area contributed by atoms with E-state index in [9.17, 15) is 0 Å². The van der Waals surface area contributed by atoms with Crippen LogP contribution in [0, 0.1) is 0 Å². The lowest BCUT2D eigenvalue weighted by Crippen LogP contribution is -2.21. The van der Waals surface area contributed by atoms with Crippen LogP contribution >= 0.6 is 0 Å². The molecular formula is C61H60N2. The number of para-hydroxylation sites is 4. The lowest BCUT2D eigenvalue weighted by atomic mass is 9.75. The largest absolute Gasteiger partial charge is 0.311 e. The van der Waals surface area contributed by atoms with E-state index in [1.807, 2.05) is 0 Å². The Morgan fingerprint density at radius 3 is 0.968 bits per heavy atom. The highest BCUT2D eigenvalue weighted by atomic mass is 15.1. The summed E-state index contributed by atoms with van der Waals surface area (Å²) < 4.78 is 0. The van der Waals surface area contributed by atoms with E-state index in [4.69, 9.17) is 0 Å². The van der Waals surface area contributed by atoms with E-state index in [-0.39, 0.29) is 5.41 Å². The summed E-state index contributed by atoms with van der Waals surface area (Å²) in [4.78, 5) is 4.66. The second-order valence-corrected chi connectivity index (χ2v) is 17.5. The fraction of sp³-hybridized carbons (Fsp3) is 0.213. The molecule has 2 nitrogen and oxygen atoms in total. The molecule has 0 unspecified atom stereocenters. The molecule has 1 aliphatic rings. The first kappa shape index (κ1) is 41.7. The lowest BCUT2D eigenvalue weighted by molar-refractivity contribution is 0.477. The molecule has 0 atom stereocenters. The first-order valence-corrected chi connectivity index (χ1v) is 23.4. The van der Waals surface area contributed by atoms with Crippen molar-refractivity contribution in [1.82, 2.24) is 0 Å². The average molecular weight is 821 g/mol. The SMILES string of the molecule is CCCCCCCCCCCC1(C)c2cc(-c3ccc(N(c4ccccc4)c4ccccc4)cc3)ccc2-c2ccc(-c3ccc(N(c4ccccc4)c4ccccc4)cc3)cc21.